The largest absolute Gasteiger partial charge is 0.508 e. The van der Waals surface area contributed by atoms with Gasteiger partial charge in [-0.3, -0.25) is 0 Å². The van der Waals surface area contributed by atoms with E-state index in [0.717, 1.165) is 5.56 Å². The number of benzene rings is 2. The van der Waals surface area contributed by atoms with Gasteiger partial charge in [-0.05, 0) is 29.8 Å². The zero-order valence-electron chi connectivity index (χ0n) is 10.8. The number of nitrogens with two attached hydrogens (primary N) is 1. The molecule has 0 aliphatic heterocycles. The van der Waals surface area contributed by atoms with Crippen LogP contribution in [0.5, 0.6) is 11.5 Å². The lowest BCUT2D eigenvalue weighted by molar-refractivity contribution is 0.304. The summed E-state index contributed by atoms with van der Waals surface area (Å²) in [5.74, 6) is 5.55. The third-order valence-electron chi connectivity index (χ3n) is 2.52. The SMILES string of the molecule is NCC#Cc1cc(F)cc(OCc2cccc(O)c2)c1. The first-order chi connectivity index (χ1) is 9.67. The third kappa shape index (κ3) is 4.01. The molecule has 0 bridgehead atoms. The van der Waals surface area contributed by atoms with Crippen molar-refractivity contribution in [3.63, 3.8) is 0 Å². The van der Waals surface area contributed by atoms with E-state index in [4.69, 9.17) is 10.5 Å². The summed E-state index contributed by atoms with van der Waals surface area (Å²) in [6.45, 7) is 0.456. The molecule has 102 valence electrons. The number of rotatable bonds is 3. The fraction of sp³-hybridized carbons (Fsp3) is 0.125. The van der Waals surface area contributed by atoms with Crippen molar-refractivity contribution in [3.05, 3.63) is 59.4 Å². The van der Waals surface area contributed by atoms with Gasteiger partial charge in [0.25, 0.3) is 0 Å². The second kappa shape index (κ2) is 6.60. The van der Waals surface area contributed by atoms with E-state index in [0.29, 0.717) is 11.3 Å². The van der Waals surface area contributed by atoms with E-state index >= 15 is 0 Å². The van der Waals surface area contributed by atoms with Crippen LogP contribution in [0.4, 0.5) is 4.39 Å². The van der Waals surface area contributed by atoms with Crippen LogP contribution in [-0.2, 0) is 6.61 Å². The van der Waals surface area contributed by atoms with E-state index in [1.165, 1.54) is 12.1 Å². The fourth-order valence-electron chi connectivity index (χ4n) is 1.68. The lowest BCUT2D eigenvalue weighted by Crippen LogP contribution is -1.96. The van der Waals surface area contributed by atoms with Crippen LogP contribution in [-0.4, -0.2) is 11.7 Å². The Bertz CT molecular complexity index is 659. The lowest BCUT2D eigenvalue weighted by Gasteiger charge is -2.07. The average molecular weight is 271 g/mol. The lowest BCUT2D eigenvalue weighted by atomic mass is 10.2. The van der Waals surface area contributed by atoms with Crippen LogP contribution >= 0.6 is 0 Å². The van der Waals surface area contributed by atoms with Gasteiger partial charge in [0.2, 0.25) is 0 Å². The molecule has 2 rings (SSSR count). The molecule has 0 aromatic heterocycles. The van der Waals surface area contributed by atoms with E-state index in [9.17, 15) is 9.50 Å². The van der Waals surface area contributed by atoms with E-state index < -0.39 is 5.82 Å². The summed E-state index contributed by atoms with van der Waals surface area (Å²) in [4.78, 5) is 0. The van der Waals surface area contributed by atoms with Crippen molar-refractivity contribution >= 4 is 0 Å². The number of hydrogen-bond acceptors (Lipinski definition) is 3. The molecule has 2 aromatic rings. The van der Waals surface area contributed by atoms with E-state index in [1.54, 1.807) is 24.3 Å². The topological polar surface area (TPSA) is 55.5 Å². The Kier molecular flexibility index (Phi) is 4.59. The summed E-state index contributed by atoms with van der Waals surface area (Å²) in [7, 11) is 0. The number of hydrogen-bond donors (Lipinski definition) is 2. The molecule has 0 unspecified atom stereocenters. The van der Waals surface area contributed by atoms with Crippen molar-refractivity contribution in [1.82, 2.24) is 0 Å². The van der Waals surface area contributed by atoms with Crippen LogP contribution in [0.1, 0.15) is 11.1 Å². The van der Waals surface area contributed by atoms with Crippen LogP contribution in [0.3, 0.4) is 0 Å². The molecule has 2 aromatic carbocycles. The summed E-state index contributed by atoms with van der Waals surface area (Å²) in [6.07, 6.45) is 0. The molecule has 3 N–H and O–H groups in total. The molecule has 0 aliphatic rings. The number of phenolic OH excluding ortho intramolecular Hbond substituents is 1. The molecule has 0 amide bonds. The predicted octanol–water partition coefficient (Wildman–Crippen LogP) is 2.42. The molecule has 3 nitrogen and oxygen atoms in total. The molecule has 0 spiro atoms. The van der Waals surface area contributed by atoms with Gasteiger partial charge in [0.15, 0.2) is 0 Å². The van der Waals surface area contributed by atoms with Crippen molar-refractivity contribution in [3.8, 4) is 23.3 Å². The van der Waals surface area contributed by atoms with Gasteiger partial charge in [-0.15, -0.1) is 0 Å². The minimum absolute atomic E-state index is 0.167. The second-order valence-electron chi connectivity index (χ2n) is 4.14. The minimum Gasteiger partial charge on any atom is -0.508 e. The first-order valence-corrected chi connectivity index (χ1v) is 6.07. The molecule has 4 heteroatoms. The van der Waals surface area contributed by atoms with Crippen molar-refractivity contribution < 1.29 is 14.2 Å². The quantitative estimate of drug-likeness (QED) is 0.843. The maximum Gasteiger partial charge on any atom is 0.128 e. The Labute approximate surface area is 116 Å². The van der Waals surface area contributed by atoms with Crippen molar-refractivity contribution in [2.45, 2.75) is 6.61 Å². The molecule has 0 atom stereocenters. The number of halogens is 1. The van der Waals surface area contributed by atoms with Gasteiger partial charge in [-0.1, -0.05) is 24.0 Å². The second-order valence-corrected chi connectivity index (χ2v) is 4.14. The molecule has 0 saturated carbocycles. The molecular weight excluding hydrogens is 257 g/mol. The van der Waals surface area contributed by atoms with Crippen molar-refractivity contribution in [2.75, 3.05) is 6.54 Å². The highest BCUT2D eigenvalue weighted by Gasteiger charge is 2.02. The van der Waals surface area contributed by atoms with Crippen molar-refractivity contribution in [1.29, 1.82) is 0 Å². The number of aromatic hydroxyl groups is 1. The van der Waals surface area contributed by atoms with Crippen LogP contribution in [0.25, 0.3) is 0 Å². The Balaban J connectivity index is 2.11. The van der Waals surface area contributed by atoms with Gasteiger partial charge < -0.3 is 15.6 Å². The fourth-order valence-corrected chi connectivity index (χ4v) is 1.68. The van der Waals surface area contributed by atoms with E-state index in [-0.39, 0.29) is 18.9 Å². The van der Waals surface area contributed by atoms with E-state index in [1.807, 2.05) is 6.07 Å². The standard InChI is InChI=1S/C16H14FNO2/c17-14-7-12(4-2-6-18)9-16(10-14)20-11-13-3-1-5-15(19)8-13/h1,3,5,7-10,19H,6,11,18H2. The smallest absolute Gasteiger partial charge is 0.128 e. The summed E-state index contributed by atoms with van der Waals surface area (Å²) in [5, 5.41) is 9.35. The van der Waals surface area contributed by atoms with E-state index in [2.05, 4.69) is 11.8 Å². The normalized spacial score (nSPS) is 9.70. The van der Waals surface area contributed by atoms with Crippen LogP contribution < -0.4 is 10.5 Å². The van der Waals surface area contributed by atoms with Crippen LogP contribution in [0.2, 0.25) is 0 Å². The highest BCUT2D eigenvalue weighted by Crippen LogP contribution is 2.18. The average Bonchev–Trinajstić information content (AvgIpc) is 2.42. The Morgan fingerprint density at radius 3 is 2.80 bits per heavy atom. The molecule has 0 fully saturated rings. The van der Waals surface area contributed by atoms with Gasteiger partial charge in [0, 0.05) is 11.6 Å². The van der Waals surface area contributed by atoms with Crippen LogP contribution in [0.15, 0.2) is 42.5 Å². The Hall–Kier alpha value is -2.51. The predicted molar refractivity (Wildman–Crippen MR) is 74.8 cm³/mol. The van der Waals surface area contributed by atoms with Crippen molar-refractivity contribution in [2.24, 2.45) is 5.73 Å². The molecular formula is C16H14FNO2. The zero-order valence-corrected chi connectivity index (χ0v) is 10.8. The summed E-state index contributed by atoms with van der Waals surface area (Å²) in [6, 6.07) is 11.0. The first-order valence-electron chi connectivity index (χ1n) is 6.07. The highest BCUT2D eigenvalue weighted by molar-refractivity contribution is 5.40. The molecule has 0 radical (unpaired) electrons. The monoisotopic (exact) mass is 271 g/mol. The van der Waals surface area contributed by atoms with Gasteiger partial charge in [0.1, 0.15) is 23.9 Å². The highest BCUT2D eigenvalue weighted by atomic mass is 19.1. The Morgan fingerprint density at radius 2 is 2.05 bits per heavy atom. The number of ether oxygens (including phenoxy) is 1. The maximum atomic E-state index is 13.4. The summed E-state index contributed by atoms with van der Waals surface area (Å²) in [5.41, 5.74) is 6.59. The van der Waals surface area contributed by atoms with Gasteiger partial charge in [-0.25, -0.2) is 4.39 Å². The summed E-state index contributed by atoms with van der Waals surface area (Å²) < 4.78 is 18.9. The van der Waals surface area contributed by atoms with Gasteiger partial charge in [0.05, 0.1) is 6.54 Å². The number of phenols is 1. The summed E-state index contributed by atoms with van der Waals surface area (Å²) >= 11 is 0. The molecule has 0 aliphatic carbocycles. The van der Waals surface area contributed by atoms with Gasteiger partial charge >= 0.3 is 0 Å². The Morgan fingerprint density at radius 1 is 1.20 bits per heavy atom. The minimum atomic E-state index is -0.417. The third-order valence-corrected chi connectivity index (χ3v) is 2.52. The molecule has 0 heterocycles. The van der Waals surface area contributed by atoms with Crippen LogP contribution in [0, 0.1) is 17.7 Å². The molecule has 20 heavy (non-hydrogen) atoms. The molecule has 0 saturated heterocycles. The zero-order chi connectivity index (χ0) is 14.4. The van der Waals surface area contributed by atoms with Gasteiger partial charge in [-0.2, -0.15) is 0 Å². The maximum absolute atomic E-state index is 13.4. The first kappa shape index (κ1) is 13.9.